The number of amides is 1. The van der Waals surface area contributed by atoms with Crippen molar-refractivity contribution in [1.82, 2.24) is 10.2 Å². The summed E-state index contributed by atoms with van der Waals surface area (Å²) < 4.78 is 0. The summed E-state index contributed by atoms with van der Waals surface area (Å²) in [6.07, 6.45) is 8.32. The average Bonchev–Trinajstić information content (AvgIpc) is 2.67. The van der Waals surface area contributed by atoms with Crippen LogP contribution >= 0.6 is 0 Å². The van der Waals surface area contributed by atoms with Gasteiger partial charge in [-0.15, -0.1) is 0 Å². The van der Waals surface area contributed by atoms with Gasteiger partial charge in [-0.3, -0.25) is 10.1 Å². The molecule has 0 aromatic heterocycles. The summed E-state index contributed by atoms with van der Waals surface area (Å²) >= 11 is 0. The first kappa shape index (κ1) is 14.8. The molecule has 1 aliphatic carbocycles. The van der Waals surface area contributed by atoms with E-state index in [2.05, 4.69) is 37.9 Å². The molecule has 1 saturated heterocycles. The van der Waals surface area contributed by atoms with Gasteiger partial charge in [-0.05, 0) is 31.1 Å². The van der Waals surface area contributed by atoms with Crippen molar-refractivity contribution >= 4 is 5.91 Å². The number of carbonyl (C=O) groups excluding carboxylic acids is 1. The second kappa shape index (κ2) is 5.82. The molecule has 0 radical (unpaired) electrons. The molecule has 3 nitrogen and oxygen atoms in total. The van der Waals surface area contributed by atoms with Gasteiger partial charge in [-0.1, -0.05) is 47.0 Å². The van der Waals surface area contributed by atoms with Gasteiger partial charge in [0.25, 0.3) is 0 Å². The molecule has 0 aromatic carbocycles. The maximum atomic E-state index is 12.7. The fourth-order valence-corrected chi connectivity index (χ4v) is 3.89. The van der Waals surface area contributed by atoms with E-state index >= 15 is 0 Å². The molecular weight excluding hydrogens is 236 g/mol. The molecule has 1 aliphatic heterocycles. The fourth-order valence-electron chi connectivity index (χ4n) is 3.89. The lowest BCUT2D eigenvalue weighted by molar-refractivity contribution is -0.136. The van der Waals surface area contributed by atoms with Crippen LogP contribution in [0.4, 0.5) is 0 Å². The Balaban J connectivity index is 2.18. The van der Waals surface area contributed by atoms with Gasteiger partial charge in [0.1, 0.15) is 0 Å². The average molecular weight is 266 g/mol. The highest BCUT2D eigenvalue weighted by molar-refractivity contribution is 5.84. The third-order valence-corrected chi connectivity index (χ3v) is 5.03. The summed E-state index contributed by atoms with van der Waals surface area (Å²) in [6.45, 7) is 9.01. The Bertz CT molecular complexity index is 327. The first-order valence-electron chi connectivity index (χ1n) is 8.09. The largest absolute Gasteiger partial charge is 0.322 e. The van der Waals surface area contributed by atoms with Crippen molar-refractivity contribution in [2.75, 3.05) is 0 Å². The van der Waals surface area contributed by atoms with Crippen LogP contribution in [-0.4, -0.2) is 29.1 Å². The van der Waals surface area contributed by atoms with Crippen LogP contribution in [0.15, 0.2) is 0 Å². The number of carbonyl (C=O) groups is 1. The molecular formula is C16H30N2O. The van der Waals surface area contributed by atoms with E-state index < -0.39 is 0 Å². The molecule has 2 aliphatic rings. The summed E-state index contributed by atoms with van der Waals surface area (Å²) in [5, 5.41) is 3.55. The Morgan fingerprint density at radius 3 is 2.63 bits per heavy atom. The maximum Gasteiger partial charge on any atom is 0.241 e. The molecule has 3 atom stereocenters. The first-order chi connectivity index (χ1) is 9.01. The van der Waals surface area contributed by atoms with E-state index in [0.717, 1.165) is 19.3 Å². The topological polar surface area (TPSA) is 32.3 Å². The van der Waals surface area contributed by atoms with E-state index in [9.17, 15) is 4.79 Å². The van der Waals surface area contributed by atoms with Crippen LogP contribution in [-0.2, 0) is 4.79 Å². The van der Waals surface area contributed by atoms with E-state index in [0.29, 0.717) is 11.9 Å². The number of hydrogen-bond donors (Lipinski definition) is 1. The van der Waals surface area contributed by atoms with Crippen LogP contribution in [0.5, 0.6) is 0 Å². The number of rotatable bonds is 4. The molecule has 3 heteroatoms. The monoisotopic (exact) mass is 266 g/mol. The van der Waals surface area contributed by atoms with Crippen molar-refractivity contribution < 1.29 is 4.79 Å². The van der Waals surface area contributed by atoms with Gasteiger partial charge < -0.3 is 4.90 Å². The summed E-state index contributed by atoms with van der Waals surface area (Å²) in [5.74, 6) is 0.355. The van der Waals surface area contributed by atoms with Gasteiger partial charge >= 0.3 is 0 Å². The van der Waals surface area contributed by atoms with E-state index in [1.807, 2.05) is 0 Å². The lowest BCUT2D eigenvalue weighted by Gasteiger charge is -2.45. The van der Waals surface area contributed by atoms with Crippen molar-refractivity contribution in [3.63, 3.8) is 0 Å². The SMILES string of the molecule is CCCC1NC(CC)N(C2CCCCC2(C)C)C1=O. The molecule has 1 amide bonds. The van der Waals surface area contributed by atoms with Crippen molar-refractivity contribution in [3.05, 3.63) is 0 Å². The quantitative estimate of drug-likeness (QED) is 0.847. The summed E-state index contributed by atoms with van der Waals surface area (Å²) in [4.78, 5) is 14.9. The number of nitrogens with zero attached hydrogens (tertiary/aromatic N) is 1. The van der Waals surface area contributed by atoms with Crippen LogP contribution in [0, 0.1) is 5.41 Å². The predicted octanol–water partition coefficient (Wildman–Crippen LogP) is 3.29. The molecule has 0 bridgehead atoms. The highest BCUT2D eigenvalue weighted by Crippen LogP contribution is 2.40. The molecule has 110 valence electrons. The van der Waals surface area contributed by atoms with Crippen LogP contribution in [0.2, 0.25) is 0 Å². The van der Waals surface area contributed by atoms with Crippen LogP contribution in [0.1, 0.15) is 72.6 Å². The van der Waals surface area contributed by atoms with Crippen molar-refractivity contribution in [1.29, 1.82) is 0 Å². The number of hydrogen-bond acceptors (Lipinski definition) is 2. The second-order valence-corrected chi connectivity index (χ2v) is 6.93. The minimum atomic E-state index is 0.0627. The Morgan fingerprint density at radius 2 is 2.05 bits per heavy atom. The van der Waals surface area contributed by atoms with Crippen LogP contribution in [0.25, 0.3) is 0 Å². The molecule has 1 saturated carbocycles. The highest BCUT2D eigenvalue weighted by atomic mass is 16.2. The highest BCUT2D eigenvalue weighted by Gasteiger charge is 2.46. The van der Waals surface area contributed by atoms with E-state index in [4.69, 9.17) is 0 Å². The summed E-state index contributed by atoms with van der Waals surface area (Å²) in [6, 6.07) is 0.487. The normalized spacial score (nSPS) is 34.8. The molecule has 3 unspecified atom stereocenters. The summed E-state index contributed by atoms with van der Waals surface area (Å²) in [5.41, 5.74) is 0.268. The van der Waals surface area contributed by atoms with E-state index in [-0.39, 0.29) is 17.6 Å². The molecule has 1 heterocycles. The first-order valence-corrected chi connectivity index (χ1v) is 8.09. The fraction of sp³-hybridized carbons (Fsp3) is 0.938. The van der Waals surface area contributed by atoms with E-state index in [1.165, 1.54) is 25.7 Å². The Morgan fingerprint density at radius 1 is 1.32 bits per heavy atom. The van der Waals surface area contributed by atoms with Crippen molar-refractivity contribution in [2.45, 2.75) is 90.9 Å². The molecule has 1 N–H and O–H groups in total. The molecule has 0 spiro atoms. The Labute approximate surface area is 118 Å². The third-order valence-electron chi connectivity index (χ3n) is 5.03. The Kier molecular flexibility index (Phi) is 4.54. The Hall–Kier alpha value is -0.570. The second-order valence-electron chi connectivity index (χ2n) is 6.93. The lowest BCUT2D eigenvalue weighted by atomic mass is 9.72. The van der Waals surface area contributed by atoms with Gasteiger partial charge in [0.2, 0.25) is 5.91 Å². The van der Waals surface area contributed by atoms with Crippen molar-refractivity contribution in [3.8, 4) is 0 Å². The lowest BCUT2D eigenvalue weighted by Crippen LogP contribution is -2.52. The molecule has 2 fully saturated rings. The summed E-state index contributed by atoms with van der Waals surface area (Å²) in [7, 11) is 0. The van der Waals surface area contributed by atoms with E-state index in [1.54, 1.807) is 0 Å². The minimum Gasteiger partial charge on any atom is -0.322 e. The van der Waals surface area contributed by atoms with Crippen LogP contribution in [0.3, 0.4) is 0 Å². The smallest absolute Gasteiger partial charge is 0.241 e. The molecule has 0 aromatic rings. The van der Waals surface area contributed by atoms with Gasteiger partial charge in [-0.2, -0.15) is 0 Å². The zero-order chi connectivity index (χ0) is 14.0. The molecule has 19 heavy (non-hydrogen) atoms. The van der Waals surface area contributed by atoms with Gasteiger partial charge in [0, 0.05) is 6.04 Å². The maximum absolute atomic E-state index is 12.7. The minimum absolute atomic E-state index is 0.0627. The standard InChI is InChI=1S/C16H30N2O/c1-5-9-12-15(19)18(14(6-2)17-12)13-10-7-8-11-16(13,3)4/h12-14,17H,5-11H2,1-4H3. The molecule has 2 rings (SSSR count). The van der Waals surface area contributed by atoms with Crippen LogP contribution < -0.4 is 5.32 Å². The van der Waals surface area contributed by atoms with Gasteiger partial charge in [0.15, 0.2) is 0 Å². The van der Waals surface area contributed by atoms with Crippen molar-refractivity contribution in [2.24, 2.45) is 5.41 Å². The third kappa shape index (κ3) is 2.81. The zero-order valence-electron chi connectivity index (χ0n) is 13.0. The number of nitrogens with one attached hydrogen (secondary N) is 1. The van der Waals surface area contributed by atoms with Gasteiger partial charge in [-0.25, -0.2) is 0 Å². The zero-order valence-corrected chi connectivity index (χ0v) is 13.0. The predicted molar refractivity (Wildman–Crippen MR) is 78.8 cm³/mol. The van der Waals surface area contributed by atoms with Gasteiger partial charge in [0.05, 0.1) is 12.2 Å².